The van der Waals surface area contributed by atoms with Gasteiger partial charge in [0, 0.05) is 5.02 Å². The van der Waals surface area contributed by atoms with E-state index in [4.69, 9.17) is 27.6 Å². The normalized spacial score (nSPS) is 16.3. The number of carbonyl (C=O) groups is 2. The van der Waals surface area contributed by atoms with Gasteiger partial charge in [-0.25, -0.2) is 0 Å². The number of hydrogen-bond donors (Lipinski definition) is 2. The highest BCUT2D eigenvalue weighted by Crippen LogP contribution is 2.25. The second-order valence-electron chi connectivity index (χ2n) is 6.26. The predicted octanol–water partition coefficient (Wildman–Crippen LogP) is 1.95. The Morgan fingerprint density at radius 3 is 2.62 bits per heavy atom. The largest absolute Gasteiger partial charge is 0.459 e. The average Bonchev–Trinajstić information content (AvgIpc) is 3.18. The number of benzene rings is 1. The van der Waals surface area contributed by atoms with Gasteiger partial charge in [-0.3, -0.25) is 9.59 Å². The van der Waals surface area contributed by atoms with Crippen molar-refractivity contribution in [2.24, 2.45) is 0 Å². The number of halogens is 2. The second kappa shape index (κ2) is 8.12. The van der Waals surface area contributed by atoms with Gasteiger partial charge in [-0.15, -0.1) is 0 Å². The molecule has 2 heterocycles. The van der Waals surface area contributed by atoms with Crippen molar-refractivity contribution in [2.75, 3.05) is 31.5 Å². The Labute approximate surface area is 161 Å². The van der Waals surface area contributed by atoms with Crippen LogP contribution in [0, 0.1) is 0 Å². The first-order valence-corrected chi connectivity index (χ1v) is 9.14. The summed E-state index contributed by atoms with van der Waals surface area (Å²) < 4.78 is 5.16. The third-order valence-electron chi connectivity index (χ3n) is 4.62. The molecule has 1 aromatic heterocycles. The zero-order valence-corrected chi connectivity index (χ0v) is 15.8. The maximum absolute atomic E-state index is 12.5. The lowest BCUT2D eigenvalue weighted by Crippen LogP contribution is -3.19. The lowest BCUT2D eigenvalue weighted by Gasteiger charge is -2.34. The number of carbonyl (C=O) groups excluding carboxylic acids is 2. The molecule has 0 aliphatic carbocycles. The SMILES string of the molecule is C[C@H](C(=O)Nc1cc(Cl)ccc1Cl)[NH+]1CCN(C(=O)c2ccco2)CC1. The Bertz CT molecular complexity index is 787. The number of furan rings is 1. The monoisotopic (exact) mass is 396 g/mol. The molecule has 0 radical (unpaired) electrons. The summed E-state index contributed by atoms with van der Waals surface area (Å²) in [6.07, 6.45) is 1.49. The molecule has 3 rings (SSSR count). The lowest BCUT2D eigenvalue weighted by molar-refractivity contribution is -0.917. The summed E-state index contributed by atoms with van der Waals surface area (Å²) in [5, 5.41) is 3.79. The molecule has 8 heteroatoms. The van der Waals surface area contributed by atoms with E-state index >= 15 is 0 Å². The van der Waals surface area contributed by atoms with Crippen LogP contribution < -0.4 is 10.2 Å². The van der Waals surface area contributed by atoms with Gasteiger partial charge in [0.1, 0.15) is 0 Å². The fourth-order valence-electron chi connectivity index (χ4n) is 3.01. The van der Waals surface area contributed by atoms with E-state index in [1.54, 1.807) is 35.2 Å². The highest BCUT2D eigenvalue weighted by molar-refractivity contribution is 6.35. The van der Waals surface area contributed by atoms with Crippen LogP contribution in [0.2, 0.25) is 10.0 Å². The molecular weight excluding hydrogens is 377 g/mol. The maximum atomic E-state index is 12.5. The van der Waals surface area contributed by atoms with E-state index in [1.807, 2.05) is 6.92 Å². The van der Waals surface area contributed by atoms with E-state index in [9.17, 15) is 9.59 Å². The number of piperazine rings is 1. The van der Waals surface area contributed by atoms with Gasteiger partial charge in [0.15, 0.2) is 11.8 Å². The molecule has 6 nitrogen and oxygen atoms in total. The minimum absolute atomic E-state index is 0.114. The molecule has 1 aromatic carbocycles. The van der Waals surface area contributed by atoms with Gasteiger partial charge >= 0.3 is 0 Å². The Hall–Kier alpha value is -2.02. The van der Waals surface area contributed by atoms with Gasteiger partial charge in [0.2, 0.25) is 0 Å². The number of anilines is 1. The number of nitrogens with zero attached hydrogens (tertiary/aromatic N) is 1. The number of hydrogen-bond acceptors (Lipinski definition) is 3. The van der Waals surface area contributed by atoms with Crippen molar-refractivity contribution < 1.29 is 18.9 Å². The first-order chi connectivity index (χ1) is 12.5. The van der Waals surface area contributed by atoms with Crippen molar-refractivity contribution in [3.8, 4) is 0 Å². The van der Waals surface area contributed by atoms with Crippen molar-refractivity contribution in [3.63, 3.8) is 0 Å². The van der Waals surface area contributed by atoms with E-state index in [2.05, 4.69) is 5.32 Å². The third kappa shape index (κ3) is 4.20. The molecule has 2 amide bonds. The highest BCUT2D eigenvalue weighted by atomic mass is 35.5. The zero-order valence-electron chi connectivity index (χ0n) is 14.3. The van der Waals surface area contributed by atoms with Gasteiger partial charge < -0.3 is 19.5 Å². The van der Waals surface area contributed by atoms with Crippen LogP contribution in [0.1, 0.15) is 17.5 Å². The molecule has 138 valence electrons. The number of amides is 2. The first-order valence-electron chi connectivity index (χ1n) is 8.39. The molecule has 1 saturated heterocycles. The van der Waals surface area contributed by atoms with Crippen molar-refractivity contribution in [2.45, 2.75) is 13.0 Å². The summed E-state index contributed by atoms with van der Waals surface area (Å²) in [5.74, 6) is 0.0988. The quantitative estimate of drug-likeness (QED) is 0.829. The van der Waals surface area contributed by atoms with Crippen LogP contribution >= 0.6 is 23.2 Å². The van der Waals surface area contributed by atoms with Crippen LogP contribution in [-0.4, -0.2) is 48.9 Å². The third-order valence-corrected chi connectivity index (χ3v) is 5.18. The Kier molecular flexibility index (Phi) is 5.86. The van der Waals surface area contributed by atoms with Crippen molar-refractivity contribution in [1.29, 1.82) is 0 Å². The molecule has 0 saturated carbocycles. The van der Waals surface area contributed by atoms with Crippen LogP contribution in [0.5, 0.6) is 0 Å². The topological polar surface area (TPSA) is 67.0 Å². The van der Waals surface area contributed by atoms with Crippen molar-refractivity contribution in [3.05, 3.63) is 52.4 Å². The Morgan fingerprint density at radius 1 is 1.23 bits per heavy atom. The fourth-order valence-corrected chi connectivity index (χ4v) is 3.34. The van der Waals surface area contributed by atoms with Crippen LogP contribution in [0.4, 0.5) is 5.69 Å². The van der Waals surface area contributed by atoms with Gasteiger partial charge in [-0.1, -0.05) is 23.2 Å². The summed E-state index contributed by atoms with van der Waals surface area (Å²) in [4.78, 5) is 27.7. The molecule has 26 heavy (non-hydrogen) atoms. The first kappa shape index (κ1) is 18.8. The minimum Gasteiger partial charge on any atom is -0.459 e. The van der Waals surface area contributed by atoms with Gasteiger partial charge in [-0.2, -0.15) is 0 Å². The standard InChI is InChI=1S/C18H19Cl2N3O3/c1-12(17(24)21-15-11-13(19)4-5-14(15)20)22-6-8-23(9-7-22)18(25)16-3-2-10-26-16/h2-5,10-12H,6-9H2,1H3,(H,21,24)/p+1/t12-/m1/s1. The highest BCUT2D eigenvalue weighted by Gasteiger charge is 2.32. The average molecular weight is 397 g/mol. The van der Waals surface area contributed by atoms with Crippen LogP contribution in [0.15, 0.2) is 41.0 Å². The van der Waals surface area contributed by atoms with Crippen LogP contribution in [0.25, 0.3) is 0 Å². The van der Waals surface area contributed by atoms with E-state index in [1.165, 1.54) is 6.26 Å². The summed E-state index contributed by atoms with van der Waals surface area (Å²) in [6.45, 7) is 4.39. The molecule has 1 aliphatic rings. The molecule has 1 atom stereocenters. The van der Waals surface area contributed by atoms with E-state index in [0.29, 0.717) is 47.7 Å². The van der Waals surface area contributed by atoms with Crippen LogP contribution in [-0.2, 0) is 4.79 Å². The predicted molar refractivity (Wildman–Crippen MR) is 99.9 cm³/mol. The van der Waals surface area contributed by atoms with Crippen molar-refractivity contribution >= 4 is 40.7 Å². The summed E-state index contributed by atoms with van der Waals surface area (Å²) in [5.41, 5.74) is 0.502. The molecule has 0 bridgehead atoms. The molecule has 1 aliphatic heterocycles. The van der Waals surface area contributed by atoms with Crippen LogP contribution in [0.3, 0.4) is 0 Å². The molecule has 1 fully saturated rings. The molecule has 2 aromatic rings. The molecular formula is C18H20Cl2N3O3+. The number of rotatable bonds is 4. The molecule has 2 N–H and O–H groups in total. The smallest absolute Gasteiger partial charge is 0.289 e. The maximum Gasteiger partial charge on any atom is 0.289 e. The van der Waals surface area contributed by atoms with Gasteiger partial charge in [0.05, 0.1) is 43.2 Å². The fraction of sp³-hybridized carbons (Fsp3) is 0.333. The Morgan fingerprint density at radius 2 is 1.96 bits per heavy atom. The van der Waals surface area contributed by atoms with Crippen molar-refractivity contribution in [1.82, 2.24) is 4.90 Å². The van der Waals surface area contributed by atoms with Gasteiger partial charge in [0.25, 0.3) is 11.8 Å². The number of quaternary nitrogens is 1. The summed E-state index contributed by atoms with van der Waals surface area (Å²) in [6, 6.07) is 8.03. The van der Waals surface area contributed by atoms with E-state index in [0.717, 1.165) is 4.90 Å². The van der Waals surface area contributed by atoms with E-state index < -0.39 is 0 Å². The van der Waals surface area contributed by atoms with Gasteiger partial charge in [-0.05, 0) is 37.3 Å². The number of nitrogens with one attached hydrogen (secondary N) is 2. The Balaban J connectivity index is 1.56. The minimum atomic E-state index is -0.272. The second-order valence-corrected chi connectivity index (χ2v) is 7.11. The summed E-state index contributed by atoms with van der Waals surface area (Å²) in [7, 11) is 0. The molecule has 0 spiro atoms. The zero-order chi connectivity index (χ0) is 18.7. The summed E-state index contributed by atoms with van der Waals surface area (Å²) >= 11 is 12.1. The molecule has 0 unspecified atom stereocenters. The lowest BCUT2D eigenvalue weighted by atomic mass is 10.2. The van der Waals surface area contributed by atoms with E-state index in [-0.39, 0.29) is 17.9 Å².